The Morgan fingerprint density at radius 2 is 0.527 bits per heavy atom. The molecule has 19 heteroatoms. The highest BCUT2D eigenvalue weighted by atomic mass is 31.2. The smallest absolute Gasteiger partial charge is 0.462 e. The van der Waals surface area contributed by atoms with E-state index in [1.165, 1.54) is 154 Å². The van der Waals surface area contributed by atoms with E-state index >= 15 is 0 Å². The fourth-order valence-electron chi connectivity index (χ4n) is 10.8. The lowest BCUT2D eigenvalue weighted by atomic mass is 9.99. The summed E-state index contributed by atoms with van der Waals surface area (Å²) in [7, 11) is -9.91. The topological polar surface area (TPSA) is 237 Å². The molecule has 3 N–H and O–H groups in total. The summed E-state index contributed by atoms with van der Waals surface area (Å²) >= 11 is 0. The third-order valence-electron chi connectivity index (χ3n) is 17.3. The van der Waals surface area contributed by atoms with Crippen molar-refractivity contribution in [1.29, 1.82) is 0 Å². The highest BCUT2D eigenvalue weighted by Crippen LogP contribution is 2.45. The van der Waals surface area contributed by atoms with Crippen LogP contribution in [0, 0.1) is 23.7 Å². The van der Waals surface area contributed by atoms with E-state index in [1.54, 1.807) is 0 Å². The molecule has 0 rings (SSSR count). The molecule has 0 fully saturated rings. The van der Waals surface area contributed by atoms with E-state index < -0.39 is 97.5 Å². The van der Waals surface area contributed by atoms with Crippen LogP contribution in [0.15, 0.2) is 0 Å². The quantitative estimate of drug-likeness (QED) is 0.0222. The number of phosphoric ester groups is 2. The van der Waals surface area contributed by atoms with Gasteiger partial charge in [0.25, 0.3) is 0 Å². The van der Waals surface area contributed by atoms with Crippen molar-refractivity contribution in [3.05, 3.63) is 0 Å². The number of aliphatic hydroxyl groups excluding tert-OH is 1. The largest absolute Gasteiger partial charge is 0.472 e. The summed E-state index contributed by atoms with van der Waals surface area (Å²) in [6.45, 7) is 14.1. The van der Waals surface area contributed by atoms with Crippen LogP contribution in [-0.2, 0) is 65.4 Å². The van der Waals surface area contributed by atoms with E-state index in [4.69, 9.17) is 37.0 Å². The van der Waals surface area contributed by atoms with Gasteiger partial charge in [-0.15, -0.1) is 0 Å². The lowest BCUT2D eigenvalue weighted by Gasteiger charge is -2.21. The summed E-state index contributed by atoms with van der Waals surface area (Å²) in [4.78, 5) is 72.6. The Morgan fingerprint density at radius 3 is 0.780 bits per heavy atom. The van der Waals surface area contributed by atoms with Crippen molar-refractivity contribution >= 4 is 39.5 Å². The van der Waals surface area contributed by atoms with Crippen LogP contribution in [0.5, 0.6) is 0 Å². The van der Waals surface area contributed by atoms with Gasteiger partial charge in [0, 0.05) is 25.7 Å². The first kappa shape index (κ1) is 89.1. The molecule has 0 heterocycles. The minimum absolute atomic E-state index is 0.104. The normalized spacial score (nSPS) is 14.8. The van der Waals surface area contributed by atoms with Gasteiger partial charge in [0.1, 0.15) is 19.3 Å². The average Bonchev–Trinajstić information content (AvgIpc) is 3.53. The number of aliphatic hydroxyl groups is 1. The van der Waals surface area contributed by atoms with Crippen molar-refractivity contribution in [2.45, 2.75) is 375 Å². The fourth-order valence-corrected chi connectivity index (χ4v) is 12.4. The Morgan fingerprint density at radius 1 is 0.308 bits per heavy atom. The van der Waals surface area contributed by atoms with E-state index in [2.05, 4.69) is 55.4 Å². The Bertz CT molecular complexity index is 1800. The molecule has 17 nitrogen and oxygen atoms in total. The number of unbranched alkanes of at least 4 members (excludes halogenated alkanes) is 33. The van der Waals surface area contributed by atoms with Crippen LogP contribution in [-0.4, -0.2) is 96.7 Å². The summed E-state index contributed by atoms with van der Waals surface area (Å²) in [5.74, 6) is 0.925. The molecule has 7 atom stereocenters. The average molecular weight is 1340 g/mol. The first-order valence-electron chi connectivity index (χ1n) is 37.3. The predicted molar refractivity (Wildman–Crippen MR) is 367 cm³/mol. The van der Waals surface area contributed by atoms with Crippen molar-refractivity contribution in [3.63, 3.8) is 0 Å². The number of ether oxygens (including phenoxy) is 4. The van der Waals surface area contributed by atoms with Crippen LogP contribution in [0.4, 0.5) is 0 Å². The van der Waals surface area contributed by atoms with E-state index in [-0.39, 0.29) is 25.7 Å². The lowest BCUT2D eigenvalue weighted by Crippen LogP contribution is -2.30. The molecule has 540 valence electrons. The third kappa shape index (κ3) is 63.9. The van der Waals surface area contributed by atoms with Crippen molar-refractivity contribution in [2.24, 2.45) is 23.7 Å². The van der Waals surface area contributed by atoms with Crippen molar-refractivity contribution in [1.82, 2.24) is 0 Å². The van der Waals surface area contributed by atoms with Crippen LogP contribution in [0.3, 0.4) is 0 Å². The Balaban J connectivity index is 5.27. The molecular formula is C72H140O17P2. The second-order valence-corrected chi connectivity index (χ2v) is 30.3. The number of carbonyl (C=O) groups excluding carboxylic acids is 4. The molecule has 0 aromatic rings. The van der Waals surface area contributed by atoms with Gasteiger partial charge in [-0.3, -0.25) is 37.3 Å². The van der Waals surface area contributed by atoms with Crippen LogP contribution >= 0.6 is 15.6 Å². The number of carbonyl (C=O) groups is 4. The van der Waals surface area contributed by atoms with E-state index in [1.807, 2.05) is 0 Å². The minimum atomic E-state index is -4.95. The molecule has 0 aromatic carbocycles. The van der Waals surface area contributed by atoms with Gasteiger partial charge in [-0.2, -0.15) is 0 Å². The number of hydrogen-bond acceptors (Lipinski definition) is 15. The Labute approximate surface area is 556 Å². The zero-order valence-electron chi connectivity index (χ0n) is 59.5. The molecule has 0 radical (unpaired) electrons. The molecule has 0 aliphatic rings. The fraction of sp³-hybridized carbons (Fsp3) is 0.944. The minimum Gasteiger partial charge on any atom is -0.462 e. The first-order chi connectivity index (χ1) is 43.7. The molecule has 0 aromatic heterocycles. The van der Waals surface area contributed by atoms with Gasteiger partial charge in [0.05, 0.1) is 26.4 Å². The van der Waals surface area contributed by atoms with Crippen LogP contribution < -0.4 is 0 Å². The monoisotopic (exact) mass is 1340 g/mol. The molecule has 0 bridgehead atoms. The molecule has 0 saturated heterocycles. The van der Waals surface area contributed by atoms with Crippen molar-refractivity contribution in [2.75, 3.05) is 39.6 Å². The number of rotatable bonds is 69. The molecule has 0 spiro atoms. The van der Waals surface area contributed by atoms with Gasteiger partial charge in [0.2, 0.25) is 0 Å². The maximum atomic E-state index is 13.0. The summed E-state index contributed by atoms with van der Waals surface area (Å²) in [5, 5.41) is 10.6. The molecule has 0 amide bonds. The predicted octanol–water partition coefficient (Wildman–Crippen LogP) is 20.5. The molecule has 0 aliphatic heterocycles. The van der Waals surface area contributed by atoms with Gasteiger partial charge in [-0.25, -0.2) is 9.13 Å². The molecular weight excluding hydrogens is 1200 g/mol. The van der Waals surface area contributed by atoms with Gasteiger partial charge >= 0.3 is 39.5 Å². The lowest BCUT2D eigenvalue weighted by molar-refractivity contribution is -0.161. The highest BCUT2D eigenvalue weighted by molar-refractivity contribution is 7.47. The maximum Gasteiger partial charge on any atom is 0.472 e. The van der Waals surface area contributed by atoms with Crippen LogP contribution in [0.25, 0.3) is 0 Å². The number of phosphoric acid groups is 2. The summed E-state index contributed by atoms with van der Waals surface area (Å²) in [6.07, 6.45) is 44.3. The molecule has 4 unspecified atom stereocenters. The Hall–Kier alpha value is -1.94. The molecule has 0 saturated carbocycles. The Kier molecular flexibility index (Phi) is 60.3. The van der Waals surface area contributed by atoms with Crippen molar-refractivity contribution in [3.8, 4) is 0 Å². The zero-order chi connectivity index (χ0) is 67.5. The van der Waals surface area contributed by atoms with Gasteiger partial charge in [-0.05, 0) is 49.4 Å². The maximum absolute atomic E-state index is 13.0. The standard InChI is InChI=1S/C72H140O17P2/c1-9-64(7)50-42-34-26-20-15-16-22-28-38-46-54-71(76)88-67(58-82-69(74)52-44-36-27-21-14-12-11-13-18-24-32-40-48-62(3)4)60-86-90(78,79)84-56-66(73)57-85-91(80,81)87-61-68(59-83-70(75)53-45-37-31-30-35-43-51-65(8)10-2)89-72(77)55-47-39-29-23-17-19-25-33-41-49-63(5)6/h62-68,73H,9-61H2,1-8H3,(H,78,79)(H,80,81)/t64?,65?,66-,67-,68-/m1/s1. The third-order valence-corrected chi connectivity index (χ3v) is 19.2. The second-order valence-electron chi connectivity index (χ2n) is 27.4. The molecule has 91 heavy (non-hydrogen) atoms. The number of esters is 4. The summed E-state index contributed by atoms with van der Waals surface area (Å²) in [5.41, 5.74) is 0. The van der Waals surface area contributed by atoms with E-state index in [0.29, 0.717) is 25.7 Å². The summed E-state index contributed by atoms with van der Waals surface area (Å²) in [6, 6.07) is 0. The first-order valence-corrected chi connectivity index (χ1v) is 40.3. The van der Waals surface area contributed by atoms with Crippen molar-refractivity contribution < 1.29 is 80.2 Å². The van der Waals surface area contributed by atoms with Gasteiger partial charge in [0.15, 0.2) is 12.2 Å². The van der Waals surface area contributed by atoms with Crippen LogP contribution in [0.1, 0.15) is 357 Å². The van der Waals surface area contributed by atoms with Gasteiger partial charge < -0.3 is 33.8 Å². The van der Waals surface area contributed by atoms with Gasteiger partial charge in [-0.1, -0.05) is 306 Å². The second kappa shape index (κ2) is 61.6. The zero-order valence-corrected chi connectivity index (χ0v) is 61.3. The summed E-state index contributed by atoms with van der Waals surface area (Å²) < 4.78 is 68.4. The number of hydrogen-bond donors (Lipinski definition) is 3. The van der Waals surface area contributed by atoms with E-state index in [0.717, 1.165) is 120 Å². The SMILES string of the molecule is CCC(C)CCCCCCCCCCCCC(=O)O[C@H](COC(=O)CCCCCCCCCCCCCCC(C)C)COP(=O)(O)OC[C@@H](O)COP(=O)(O)OC[C@@H](COC(=O)CCCCCCCCC(C)CC)OC(=O)CCCCCCCCCCCC(C)C. The molecule has 0 aliphatic carbocycles. The van der Waals surface area contributed by atoms with E-state index in [9.17, 15) is 43.2 Å². The van der Waals surface area contributed by atoms with Crippen LogP contribution in [0.2, 0.25) is 0 Å². The highest BCUT2D eigenvalue weighted by Gasteiger charge is 2.30.